The highest BCUT2D eigenvalue weighted by atomic mass is 32.1. The number of aromatic nitrogens is 1. The lowest BCUT2D eigenvalue weighted by Crippen LogP contribution is -2.27. The highest BCUT2D eigenvalue weighted by molar-refractivity contribution is 7.16. The second-order valence-electron chi connectivity index (χ2n) is 5.65. The Bertz CT molecular complexity index is 1120. The van der Waals surface area contributed by atoms with Gasteiger partial charge in [-0.2, -0.15) is 4.99 Å². The fraction of sp³-hybridized carbons (Fsp3) is 0.167. The number of rotatable bonds is 4. The number of carbonyl (C=O) groups is 2. The Morgan fingerprint density at radius 3 is 2.59 bits per heavy atom. The number of thiazole rings is 1. The molecule has 3 rings (SSSR count). The van der Waals surface area contributed by atoms with Crippen LogP contribution in [0, 0.1) is 17.5 Å². The van der Waals surface area contributed by atoms with Crippen LogP contribution in [0.25, 0.3) is 10.2 Å². The van der Waals surface area contributed by atoms with E-state index in [9.17, 15) is 27.9 Å². The smallest absolute Gasteiger partial charge is 0.326 e. The molecule has 5 nitrogen and oxygen atoms in total. The molecular weight excluding hydrogens is 381 g/mol. The number of carboxylic acid groups (broad SMARTS) is 1. The van der Waals surface area contributed by atoms with E-state index in [1.807, 2.05) is 0 Å². The van der Waals surface area contributed by atoms with Crippen LogP contribution < -0.4 is 4.80 Å². The van der Waals surface area contributed by atoms with Crippen molar-refractivity contribution >= 4 is 33.4 Å². The van der Waals surface area contributed by atoms with Gasteiger partial charge in [-0.25, -0.2) is 18.0 Å². The molecule has 1 N–H and O–H groups in total. The summed E-state index contributed by atoms with van der Waals surface area (Å²) in [5, 5.41) is 9.48. The molecule has 1 amide bonds. The van der Waals surface area contributed by atoms with E-state index in [-0.39, 0.29) is 27.0 Å². The molecule has 0 radical (unpaired) electrons. The predicted molar refractivity (Wildman–Crippen MR) is 93.0 cm³/mol. The Balaban J connectivity index is 2.29. The number of halogens is 3. The summed E-state index contributed by atoms with van der Waals surface area (Å²) in [5.74, 6) is -4.91. The largest absolute Gasteiger partial charge is 0.480 e. The van der Waals surface area contributed by atoms with Crippen LogP contribution in [0.2, 0.25) is 0 Å². The lowest BCUT2D eigenvalue weighted by Gasteiger charge is -2.13. The monoisotopic (exact) mass is 394 g/mol. The number of hydrogen-bond acceptors (Lipinski definition) is 3. The first-order chi connectivity index (χ1) is 12.8. The Kier molecular flexibility index (Phi) is 5.13. The number of hydrogen-bond donors (Lipinski definition) is 1. The SMILES string of the molecule is CCC(C(=O)O)n1/c(=N/C(=O)c2cccc(F)c2)sc2c(F)c(F)ccc21. The Hall–Kier alpha value is -2.94. The molecule has 0 saturated heterocycles. The van der Waals surface area contributed by atoms with Crippen LogP contribution in [-0.4, -0.2) is 21.6 Å². The summed E-state index contributed by atoms with van der Waals surface area (Å²) in [6.07, 6.45) is 0.126. The van der Waals surface area contributed by atoms with Gasteiger partial charge in [0.2, 0.25) is 0 Å². The van der Waals surface area contributed by atoms with Crippen LogP contribution in [0.3, 0.4) is 0 Å². The number of carboxylic acids is 1. The molecule has 0 aliphatic rings. The Labute approximate surface area is 155 Å². The second-order valence-corrected chi connectivity index (χ2v) is 6.63. The van der Waals surface area contributed by atoms with Crippen LogP contribution in [0.4, 0.5) is 13.2 Å². The van der Waals surface area contributed by atoms with Crippen LogP contribution in [0.15, 0.2) is 41.4 Å². The van der Waals surface area contributed by atoms with Crippen molar-refractivity contribution < 1.29 is 27.9 Å². The quantitative estimate of drug-likeness (QED) is 0.730. The fourth-order valence-electron chi connectivity index (χ4n) is 2.67. The lowest BCUT2D eigenvalue weighted by molar-refractivity contribution is -0.140. The predicted octanol–water partition coefficient (Wildman–Crippen LogP) is 3.90. The molecule has 1 aromatic heterocycles. The summed E-state index contributed by atoms with van der Waals surface area (Å²) in [6, 6.07) is 5.81. The molecule has 3 aromatic rings. The molecule has 0 bridgehead atoms. The molecule has 2 aromatic carbocycles. The minimum Gasteiger partial charge on any atom is -0.480 e. The first kappa shape index (κ1) is 18.8. The zero-order valence-corrected chi connectivity index (χ0v) is 14.8. The van der Waals surface area contributed by atoms with Gasteiger partial charge in [0, 0.05) is 5.56 Å². The van der Waals surface area contributed by atoms with E-state index in [1.54, 1.807) is 6.92 Å². The minimum absolute atomic E-state index is 0.0472. The molecule has 1 unspecified atom stereocenters. The third kappa shape index (κ3) is 3.50. The van der Waals surface area contributed by atoms with Crippen molar-refractivity contribution in [1.29, 1.82) is 0 Å². The van der Waals surface area contributed by atoms with Gasteiger partial charge in [-0.3, -0.25) is 4.79 Å². The first-order valence-electron chi connectivity index (χ1n) is 7.90. The van der Waals surface area contributed by atoms with Gasteiger partial charge in [0.1, 0.15) is 11.9 Å². The molecule has 0 fully saturated rings. The maximum Gasteiger partial charge on any atom is 0.326 e. The van der Waals surface area contributed by atoms with Gasteiger partial charge in [-0.1, -0.05) is 24.3 Å². The van der Waals surface area contributed by atoms with Crippen molar-refractivity contribution in [2.24, 2.45) is 4.99 Å². The average Bonchev–Trinajstić information content (AvgIpc) is 2.97. The molecule has 0 aliphatic heterocycles. The Morgan fingerprint density at radius 2 is 1.96 bits per heavy atom. The second kappa shape index (κ2) is 7.36. The van der Waals surface area contributed by atoms with Gasteiger partial charge in [0.25, 0.3) is 5.91 Å². The number of carbonyl (C=O) groups excluding carboxylic acids is 1. The zero-order valence-electron chi connectivity index (χ0n) is 13.9. The summed E-state index contributed by atoms with van der Waals surface area (Å²) in [4.78, 5) is 27.7. The molecule has 27 heavy (non-hydrogen) atoms. The van der Waals surface area contributed by atoms with E-state index in [4.69, 9.17) is 0 Å². The van der Waals surface area contributed by atoms with E-state index in [1.165, 1.54) is 22.8 Å². The van der Waals surface area contributed by atoms with Crippen molar-refractivity contribution in [2.45, 2.75) is 19.4 Å². The third-order valence-electron chi connectivity index (χ3n) is 3.94. The first-order valence-corrected chi connectivity index (χ1v) is 8.71. The van der Waals surface area contributed by atoms with E-state index in [0.717, 1.165) is 18.2 Å². The highest BCUT2D eigenvalue weighted by Crippen LogP contribution is 2.26. The van der Waals surface area contributed by atoms with Crippen LogP contribution in [-0.2, 0) is 4.79 Å². The summed E-state index contributed by atoms with van der Waals surface area (Å²) < 4.78 is 42.1. The van der Waals surface area contributed by atoms with Crippen molar-refractivity contribution in [1.82, 2.24) is 4.57 Å². The number of benzene rings is 2. The normalized spacial score (nSPS) is 13.1. The van der Waals surface area contributed by atoms with Crippen molar-refractivity contribution in [3.8, 4) is 0 Å². The molecule has 0 saturated carbocycles. The minimum atomic E-state index is -1.21. The number of fused-ring (bicyclic) bond motifs is 1. The van der Waals surface area contributed by atoms with E-state index in [2.05, 4.69) is 4.99 Å². The van der Waals surface area contributed by atoms with Gasteiger partial charge in [0.05, 0.1) is 10.2 Å². The topological polar surface area (TPSA) is 71.7 Å². The van der Waals surface area contributed by atoms with Gasteiger partial charge in [-0.15, -0.1) is 0 Å². The zero-order chi connectivity index (χ0) is 19.7. The van der Waals surface area contributed by atoms with Crippen LogP contribution in [0.1, 0.15) is 29.7 Å². The van der Waals surface area contributed by atoms with Crippen molar-refractivity contribution in [3.05, 3.63) is 64.2 Å². The van der Waals surface area contributed by atoms with Gasteiger partial charge < -0.3 is 9.67 Å². The van der Waals surface area contributed by atoms with Crippen LogP contribution >= 0.6 is 11.3 Å². The average molecular weight is 394 g/mol. The lowest BCUT2D eigenvalue weighted by atomic mass is 10.2. The fourth-order valence-corrected chi connectivity index (χ4v) is 3.76. The summed E-state index contributed by atoms with van der Waals surface area (Å²) in [7, 11) is 0. The molecule has 1 atom stereocenters. The number of amides is 1. The Morgan fingerprint density at radius 1 is 1.22 bits per heavy atom. The summed E-state index contributed by atoms with van der Waals surface area (Å²) in [5.41, 5.74) is 0.0629. The molecule has 9 heteroatoms. The highest BCUT2D eigenvalue weighted by Gasteiger charge is 2.24. The number of nitrogens with zero attached hydrogens (tertiary/aromatic N) is 2. The maximum atomic E-state index is 14.2. The number of aliphatic carboxylic acids is 1. The summed E-state index contributed by atoms with van der Waals surface area (Å²) >= 11 is 0.656. The molecule has 0 spiro atoms. The van der Waals surface area contributed by atoms with E-state index >= 15 is 0 Å². The van der Waals surface area contributed by atoms with Crippen molar-refractivity contribution in [2.75, 3.05) is 0 Å². The van der Waals surface area contributed by atoms with Crippen molar-refractivity contribution in [3.63, 3.8) is 0 Å². The van der Waals surface area contributed by atoms with Gasteiger partial charge in [0.15, 0.2) is 16.4 Å². The maximum absolute atomic E-state index is 14.2. The molecular formula is C18H13F3N2O3S. The van der Waals surface area contributed by atoms with Gasteiger partial charge >= 0.3 is 5.97 Å². The van der Waals surface area contributed by atoms with Gasteiger partial charge in [-0.05, 0) is 36.8 Å². The molecule has 0 aliphatic carbocycles. The third-order valence-corrected chi connectivity index (χ3v) is 5.00. The van der Waals surface area contributed by atoms with Crippen LogP contribution in [0.5, 0.6) is 0 Å². The summed E-state index contributed by atoms with van der Waals surface area (Å²) in [6.45, 7) is 1.60. The molecule has 1 heterocycles. The van der Waals surface area contributed by atoms with E-state index in [0.29, 0.717) is 11.3 Å². The standard InChI is InChI=1S/C18H13F3N2O3S/c1-2-12(17(25)26)23-13-7-6-11(20)14(21)15(13)27-18(23)22-16(24)9-4-3-5-10(19)8-9/h3-8,12H,2H2,1H3,(H,25,26)/b22-18-. The van der Waals surface area contributed by atoms with E-state index < -0.39 is 35.4 Å². The molecule has 140 valence electrons.